The van der Waals surface area contributed by atoms with E-state index in [-0.39, 0.29) is 18.5 Å². The monoisotopic (exact) mass is 379 g/mol. The summed E-state index contributed by atoms with van der Waals surface area (Å²) in [6.07, 6.45) is 1.93. The molecular formula is C18H19Cl2N3O2. The van der Waals surface area contributed by atoms with E-state index in [0.29, 0.717) is 29.6 Å². The fourth-order valence-electron chi connectivity index (χ4n) is 2.47. The van der Waals surface area contributed by atoms with Gasteiger partial charge in [-0.05, 0) is 36.8 Å². The molecule has 0 fully saturated rings. The van der Waals surface area contributed by atoms with Crippen LogP contribution in [0.5, 0.6) is 0 Å². The fourth-order valence-corrected chi connectivity index (χ4v) is 3.04. The van der Waals surface area contributed by atoms with Crippen LogP contribution in [0.25, 0.3) is 0 Å². The molecule has 5 nitrogen and oxygen atoms in total. The van der Waals surface area contributed by atoms with E-state index in [0.717, 1.165) is 11.3 Å². The van der Waals surface area contributed by atoms with E-state index in [1.807, 2.05) is 17.9 Å². The highest BCUT2D eigenvalue weighted by Crippen LogP contribution is 2.26. The van der Waals surface area contributed by atoms with E-state index < -0.39 is 0 Å². The van der Waals surface area contributed by atoms with Crippen LogP contribution in [0.2, 0.25) is 10.0 Å². The topological polar surface area (TPSA) is 69.3 Å². The van der Waals surface area contributed by atoms with E-state index in [1.165, 1.54) is 0 Å². The lowest BCUT2D eigenvalue weighted by Crippen LogP contribution is -2.38. The average molecular weight is 380 g/mol. The summed E-state index contributed by atoms with van der Waals surface area (Å²) in [5, 5.41) is 12.8. The quantitative estimate of drug-likeness (QED) is 0.746. The van der Waals surface area contributed by atoms with Crippen molar-refractivity contribution in [3.05, 3.63) is 58.0 Å². The highest BCUT2D eigenvalue weighted by atomic mass is 35.5. The van der Waals surface area contributed by atoms with Crippen LogP contribution in [0.1, 0.15) is 30.7 Å². The standard InChI is InChI=1S/C18H19Cl2N3O2/c1-13(16-6-5-14(19)10-17(16)20)22-18(24)12-23(8-3-7-21)11-15-4-2-9-25-15/h2,4-6,9-10,13H,3,8,11-12H2,1H3,(H,22,24). The molecule has 0 radical (unpaired) electrons. The lowest BCUT2D eigenvalue weighted by atomic mass is 10.1. The number of furan rings is 1. The van der Waals surface area contributed by atoms with Gasteiger partial charge in [-0.2, -0.15) is 5.26 Å². The Balaban J connectivity index is 1.96. The number of hydrogen-bond acceptors (Lipinski definition) is 4. The number of nitriles is 1. The van der Waals surface area contributed by atoms with E-state index in [9.17, 15) is 4.79 Å². The second-order valence-electron chi connectivity index (χ2n) is 5.65. The fraction of sp³-hybridized carbons (Fsp3) is 0.333. The van der Waals surface area contributed by atoms with Gasteiger partial charge in [-0.1, -0.05) is 29.3 Å². The predicted molar refractivity (Wildman–Crippen MR) is 97.2 cm³/mol. The molecule has 0 spiro atoms. The number of rotatable bonds is 8. The molecule has 1 atom stereocenters. The highest BCUT2D eigenvalue weighted by molar-refractivity contribution is 6.35. The van der Waals surface area contributed by atoms with Gasteiger partial charge >= 0.3 is 0 Å². The van der Waals surface area contributed by atoms with Crippen LogP contribution in [0.4, 0.5) is 0 Å². The summed E-state index contributed by atoms with van der Waals surface area (Å²) in [6, 6.07) is 10.7. The Morgan fingerprint density at radius 1 is 1.40 bits per heavy atom. The van der Waals surface area contributed by atoms with Gasteiger partial charge in [-0.25, -0.2) is 0 Å². The van der Waals surface area contributed by atoms with E-state index >= 15 is 0 Å². The maximum Gasteiger partial charge on any atom is 0.234 e. The molecule has 1 N–H and O–H groups in total. The summed E-state index contributed by atoms with van der Waals surface area (Å²) < 4.78 is 5.32. The number of carbonyl (C=O) groups excluding carboxylic acids is 1. The molecule has 1 aromatic carbocycles. The van der Waals surface area contributed by atoms with E-state index in [2.05, 4.69) is 11.4 Å². The molecule has 132 valence electrons. The Morgan fingerprint density at radius 3 is 2.84 bits per heavy atom. The summed E-state index contributed by atoms with van der Waals surface area (Å²) in [5.41, 5.74) is 0.800. The highest BCUT2D eigenvalue weighted by Gasteiger charge is 2.16. The molecule has 0 aliphatic carbocycles. The number of nitrogens with zero attached hydrogens (tertiary/aromatic N) is 2. The SMILES string of the molecule is CC(NC(=O)CN(CCC#N)Cc1ccco1)c1ccc(Cl)cc1Cl. The zero-order valence-corrected chi connectivity index (χ0v) is 15.3. The third kappa shape index (κ3) is 6.09. The largest absolute Gasteiger partial charge is 0.468 e. The molecule has 2 rings (SSSR count). The lowest BCUT2D eigenvalue weighted by Gasteiger charge is -2.22. The third-order valence-corrected chi connectivity index (χ3v) is 4.24. The minimum atomic E-state index is -0.251. The van der Waals surface area contributed by atoms with Gasteiger partial charge in [0.1, 0.15) is 5.76 Å². The Bertz CT molecular complexity index is 741. The molecule has 7 heteroatoms. The number of amides is 1. The first-order valence-electron chi connectivity index (χ1n) is 7.85. The Labute approximate surface area is 157 Å². The van der Waals surface area contributed by atoms with Crippen molar-refractivity contribution in [2.75, 3.05) is 13.1 Å². The van der Waals surface area contributed by atoms with Gasteiger partial charge in [0.05, 0.1) is 31.5 Å². The molecule has 2 aromatic rings. The van der Waals surface area contributed by atoms with Gasteiger partial charge in [0, 0.05) is 23.0 Å². The number of halogens is 2. The van der Waals surface area contributed by atoms with Crippen LogP contribution in [-0.4, -0.2) is 23.9 Å². The summed E-state index contributed by atoms with van der Waals surface area (Å²) in [7, 11) is 0. The van der Waals surface area contributed by atoms with Crippen LogP contribution in [0.15, 0.2) is 41.0 Å². The second kappa shape index (κ2) is 9.47. The molecule has 1 aromatic heterocycles. The maximum absolute atomic E-state index is 12.4. The van der Waals surface area contributed by atoms with Gasteiger partial charge in [0.25, 0.3) is 0 Å². The molecule has 0 saturated heterocycles. The summed E-state index contributed by atoms with van der Waals surface area (Å²) >= 11 is 12.1. The van der Waals surface area contributed by atoms with Crippen molar-refractivity contribution in [1.29, 1.82) is 5.26 Å². The Hall–Kier alpha value is -2.00. The molecule has 1 unspecified atom stereocenters. The van der Waals surface area contributed by atoms with Crippen LogP contribution < -0.4 is 5.32 Å². The number of nitrogens with one attached hydrogen (secondary N) is 1. The summed E-state index contributed by atoms with van der Waals surface area (Å²) in [5.74, 6) is 0.600. The van der Waals surface area contributed by atoms with Crippen molar-refractivity contribution in [3.8, 4) is 6.07 Å². The van der Waals surface area contributed by atoms with Crippen molar-refractivity contribution in [1.82, 2.24) is 10.2 Å². The normalized spacial score (nSPS) is 12.0. The smallest absolute Gasteiger partial charge is 0.234 e. The summed E-state index contributed by atoms with van der Waals surface area (Å²) in [4.78, 5) is 14.2. The molecule has 0 bridgehead atoms. The van der Waals surface area contributed by atoms with Crippen LogP contribution >= 0.6 is 23.2 Å². The van der Waals surface area contributed by atoms with Crippen molar-refractivity contribution in [2.45, 2.75) is 25.9 Å². The second-order valence-corrected chi connectivity index (χ2v) is 6.50. The first kappa shape index (κ1) is 19.3. The number of carbonyl (C=O) groups is 1. The molecule has 1 heterocycles. The van der Waals surface area contributed by atoms with Gasteiger partial charge in [-0.15, -0.1) is 0 Å². The van der Waals surface area contributed by atoms with Gasteiger partial charge < -0.3 is 9.73 Å². The minimum absolute atomic E-state index is 0.150. The van der Waals surface area contributed by atoms with E-state index in [1.54, 1.807) is 30.5 Å². The van der Waals surface area contributed by atoms with Crippen LogP contribution in [-0.2, 0) is 11.3 Å². The van der Waals surface area contributed by atoms with Crippen molar-refractivity contribution < 1.29 is 9.21 Å². The first-order chi connectivity index (χ1) is 12.0. The molecule has 0 saturated carbocycles. The zero-order chi connectivity index (χ0) is 18.2. The zero-order valence-electron chi connectivity index (χ0n) is 13.8. The van der Waals surface area contributed by atoms with Crippen LogP contribution in [0.3, 0.4) is 0 Å². The third-order valence-electron chi connectivity index (χ3n) is 3.67. The first-order valence-corrected chi connectivity index (χ1v) is 8.61. The van der Waals surface area contributed by atoms with Gasteiger partial charge in [0.2, 0.25) is 5.91 Å². The molecular weight excluding hydrogens is 361 g/mol. The molecule has 0 aliphatic rings. The molecule has 0 aliphatic heterocycles. The molecule has 1 amide bonds. The Kier molecular flexibility index (Phi) is 7.32. The number of benzene rings is 1. The summed E-state index contributed by atoms with van der Waals surface area (Å²) in [6.45, 7) is 2.98. The molecule has 25 heavy (non-hydrogen) atoms. The van der Waals surface area contributed by atoms with Crippen molar-refractivity contribution >= 4 is 29.1 Å². The van der Waals surface area contributed by atoms with Crippen LogP contribution in [0, 0.1) is 11.3 Å². The van der Waals surface area contributed by atoms with Crippen molar-refractivity contribution in [2.24, 2.45) is 0 Å². The average Bonchev–Trinajstić information content (AvgIpc) is 3.05. The van der Waals surface area contributed by atoms with Gasteiger partial charge in [0.15, 0.2) is 0 Å². The van der Waals surface area contributed by atoms with Gasteiger partial charge in [-0.3, -0.25) is 9.69 Å². The Morgan fingerprint density at radius 2 is 2.20 bits per heavy atom. The minimum Gasteiger partial charge on any atom is -0.468 e. The van der Waals surface area contributed by atoms with E-state index in [4.69, 9.17) is 32.9 Å². The lowest BCUT2D eigenvalue weighted by molar-refractivity contribution is -0.123. The maximum atomic E-state index is 12.4. The van der Waals surface area contributed by atoms with Crippen molar-refractivity contribution in [3.63, 3.8) is 0 Å². The number of hydrogen-bond donors (Lipinski definition) is 1. The predicted octanol–water partition coefficient (Wildman–Crippen LogP) is 4.18.